The summed E-state index contributed by atoms with van der Waals surface area (Å²) in [6, 6.07) is 0. The minimum Gasteiger partial charge on any atom is -0.365 e. The number of anilines is 1. The van der Waals surface area contributed by atoms with Crippen LogP contribution in [0.1, 0.15) is 40.5 Å². The Hall–Kier alpha value is -0.840. The number of nitrogens with zero attached hydrogens (tertiary/aromatic N) is 2. The fourth-order valence-electron chi connectivity index (χ4n) is 1.61. The molecule has 102 valence electrons. The molecule has 0 radical (unpaired) electrons. The summed E-state index contributed by atoms with van der Waals surface area (Å²) in [4.78, 5) is 16.8. The van der Waals surface area contributed by atoms with Crippen LogP contribution in [0.4, 0.5) is 5.82 Å². The number of hydrogen-bond donors (Lipinski definition) is 1. The van der Waals surface area contributed by atoms with Crippen LogP contribution in [0.3, 0.4) is 0 Å². The Morgan fingerprint density at radius 1 is 1.50 bits per heavy atom. The topological polar surface area (TPSA) is 46.9 Å². The molecule has 0 amide bonds. The molecule has 0 saturated heterocycles. The first-order chi connectivity index (χ1) is 8.36. The first-order valence-electron chi connectivity index (χ1n) is 6.32. The molecule has 0 aromatic carbocycles. The van der Waals surface area contributed by atoms with Gasteiger partial charge in [-0.1, -0.05) is 22.9 Å². The highest BCUT2D eigenvalue weighted by atomic mass is 79.9. The van der Waals surface area contributed by atoms with Crippen LogP contribution in [-0.2, 0) is 5.54 Å². The molecule has 1 heterocycles. The van der Waals surface area contributed by atoms with Crippen molar-refractivity contribution in [1.82, 2.24) is 9.55 Å². The molecule has 1 aromatic rings. The molecule has 0 aliphatic rings. The first-order valence-corrected chi connectivity index (χ1v) is 7.24. The molecule has 0 aliphatic carbocycles. The van der Waals surface area contributed by atoms with E-state index in [2.05, 4.69) is 33.2 Å². The summed E-state index contributed by atoms with van der Waals surface area (Å²) in [5, 5.41) is 3.12. The standard InChI is InChI=1S/C13H22BrN3O/c1-5-10(14)6-7-15-11-12(18)17(9-8-16-11)13(2,3)4/h8-10H,5-7H2,1-4H3,(H,15,16). The molecule has 1 aromatic heterocycles. The van der Waals surface area contributed by atoms with Crippen LogP contribution in [0.25, 0.3) is 0 Å². The zero-order valence-electron chi connectivity index (χ0n) is 11.5. The average molecular weight is 316 g/mol. The molecule has 18 heavy (non-hydrogen) atoms. The Morgan fingerprint density at radius 2 is 2.17 bits per heavy atom. The summed E-state index contributed by atoms with van der Waals surface area (Å²) < 4.78 is 1.70. The lowest BCUT2D eigenvalue weighted by molar-refractivity contribution is 0.383. The monoisotopic (exact) mass is 315 g/mol. The third kappa shape index (κ3) is 4.12. The van der Waals surface area contributed by atoms with Gasteiger partial charge in [0.05, 0.1) is 0 Å². The highest BCUT2D eigenvalue weighted by Gasteiger charge is 2.16. The van der Waals surface area contributed by atoms with Crippen molar-refractivity contribution < 1.29 is 0 Å². The average Bonchev–Trinajstić information content (AvgIpc) is 2.29. The highest BCUT2D eigenvalue weighted by Crippen LogP contribution is 2.11. The van der Waals surface area contributed by atoms with Gasteiger partial charge < -0.3 is 9.88 Å². The van der Waals surface area contributed by atoms with E-state index in [0.29, 0.717) is 10.6 Å². The van der Waals surface area contributed by atoms with Gasteiger partial charge >= 0.3 is 0 Å². The van der Waals surface area contributed by atoms with Gasteiger partial charge in [0.15, 0.2) is 5.82 Å². The molecule has 0 bridgehead atoms. The predicted molar refractivity (Wildman–Crippen MR) is 79.6 cm³/mol. The van der Waals surface area contributed by atoms with Gasteiger partial charge in [0.25, 0.3) is 5.56 Å². The molecule has 0 fully saturated rings. The molecule has 1 rings (SSSR count). The Morgan fingerprint density at radius 3 is 2.72 bits per heavy atom. The summed E-state index contributed by atoms with van der Waals surface area (Å²) in [5.41, 5.74) is -0.287. The summed E-state index contributed by atoms with van der Waals surface area (Å²) in [6.45, 7) is 8.89. The van der Waals surface area contributed by atoms with Gasteiger partial charge in [0, 0.05) is 29.3 Å². The lowest BCUT2D eigenvalue weighted by atomic mass is 10.1. The molecular formula is C13H22BrN3O. The zero-order valence-corrected chi connectivity index (χ0v) is 13.1. The van der Waals surface area contributed by atoms with Crippen LogP contribution in [-0.4, -0.2) is 20.9 Å². The summed E-state index contributed by atoms with van der Waals surface area (Å²) in [7, 11) is 0. The second-order valence-corrected chi connectivity index (χ2v) is 6.64. The van der Waals surface area contributed by atoms with Crippen molar-refractivity contribution in [2.24, 2.45) is 0 Å². The number of halogens is 1. The molecule has 5 heteroatoms. The minimum atomic E-state index is -0.224. The molecule has 4 nitrogen and oxygen atoms in total. The van der Waals surface area contributed by atoms with E-state index in [-0.39, 0.29) is 11.1 Å². The fraction of sp³-hybridized carbons (Fsp3) is 0.692. The zero-order chi connectivity index (χ0) is 13.8. The van der Waals surface area contributed by atoms with Crippen LogP contribution in [0.5, 0.6) is 0 Å². The summed E-state index contributed by atoms with van der Waals surface area (Å²) in [6.07, 6.45) is 5.45. The number of nitrogens with one attached hydrogen (secondary N) is 1. The normalized spacial score (nSPS) is 13.4. The first kappa shape index (κ1) is 15.2. The largest absolute Gasteiger partial charge is 0.365 e. The third-order valence-corrected chi connectivity index (χ3v) is 3.86. The van der Waals surface area contributed by atoms with E-state index in [1.165, 1.54) is 0 Å². The molecule has 0 saturated carbocycles. The quantitative estimate of drug-likeness (QED) is 0.850. The van der Waals surface area contributed by atoms with Crippen molar-refractivity contribution in [1.29, 1.82) is 0 Å². The number of hydrogen-bond acceptors (Lipinski definition) is 3. The summed E-state index contributed by atoms with van der Waals surface area (Å²) >= 11 is 3.57. The Kier molecular flexibility index (Phi) is 5.38. The van der Waals surface area contributed by atoms with Crippen LogP contribution in [0.15, 0.2) is 17.2 Å². The molecular weight excluding hydrogens is 294 g/mol. The van der Waals surface area contributed by atoms with E-state index in [1.54, 1.807) is 17.0 Å². The van der Waals surface area contributed by atoms with Crippen molar-refractivity contribution in [3.8, 4) is 0 Å². The maximum absolute atomic E-state index is 12.2. The molecule has 0 spiro atoms. The van der Waals surface area contributed by atoms with E-state index < -0.39 is 0 Å². The van der Waals surface area contributed by atoms with Crippen molar-refractivity contribution in [2.75, 3.05) is 11.9 Å². The maximum Gasteiger partial charge on any atom is 0.293 e. The molecule has 1 unspecified atom stereocenters. The van der Waals surface area contributed by atoms with E-state index >= 15 is 0 Å². The Labute approximate surface area is 117 Å². The van der Waals surface area contributed by atoms with Gasteiger partial charge in [-0.15, -0.1) is 0 Å². The highest BCUT2D eigenvalue weighted by molar-refractivity contribution is 9.09. The van der Waals surface area contributed by atoms with Crippen LogP contribution >= 0.6 is 15.9 Å². The van der Waals surface area contributed by atoms with Gasteiger partial charge in [-0.2, -0.15) is 0 Å². The number of aromatic nitrogens is 2. The van der Waals surface area contributed by atoms with Crippen molar-refractivity contribution in [3.63, 3.8) is 0 Å². The second-order valence-electron chi connectivity index (χ2n) is 5.34. The van der Waals surface area contributed by atoms with Gasteiger partial charge in [0.2, 0.25) is 0 Å². The Bertz CT molecular complexity index is 437. The lowest BCUT2D eigenvalue weighted by Gasteiger charge is -2.22. The summed E-state index contributed by atoms with van der Waals surface area (Å²) in [5.74, 6) is 0.434. The lowest BCUT2D eigenvalue weighted by Crippen LogP contribution is -2.35. The van der Waals surface area contributed by atoms with Gasteiger partial charge in [-0.3, -0.25) is 4.79 Å². The van der Waals surface area contributed by atoms with Gasteiger partial charge in [-0.25, -0.2) is 4.98 Å². The van der Waals surface area contributed by atoms with E-state index in [0.717, 1.165) is 19.4 Å². The smallest absolute Gasteiger partial charge is 0.293 e. The number of rotatable bonds is 5. The third-order valence-electron chi connectivity index (χ3n) is 2.76. The van der Waals surface area contributed by atoms with Crippen molar-refractivity contribution in [3.05, 3.63) is 22.7 Å². The SMILES string of the molecule is CCC(Br)CCNc1nccn(C(C)(C)C)c1=O. The molecule has 1 atom stereocenters. The van der Waals surface area contributed by atoms with Crippen LogP contribution < -0.4 is 10.9 Å². The van der Waals surface area contributed by atoms with Gasteiger partial charge in [-0.05, 0) is 33.6 Å². The second kappa shape index (κ2) is 6.36. The van der Waals surface area contributed by atoms with Crippen molar-refractivity contribution >= 4 is 21.7 Å². The number of alkyl halides is 1. The van der Waals surface area contributed by atoms with E-state index in [4.69, 9.17) is 0 Å². The van der Waals surface area contributed by atoms with Crippen LogP contribution in [0.2, 0.25) is 0 Å². The van der Waals surface area contributed by atoms with Crippen molar-refractivity contribution in [2.45, 2.75) is 50.9 Å². The maximum atomic E-state index is 12.2. The molecule has 0 aliphatic heterocycles. The van der Waals surface area contributed by atoms with Crippen LogP contribution in [0, 0.1) is 0 Å². The Balaban J connectivity index is 2.76. The molecule has 1 N–H and O–H groups in total. The van der Waals surface area contributed by atoms with Gasteiger partial charge in [0.1, 0.15) is 0 Å². The predicted octanol–water partition coefficient (Wildman–Crippen LogP) is 2.97. The van der Waals surface area contributed by atoms with E-state index in [1.807, 2.05) is 20.8 Å². The fourth-order valence-corrected chi connectivity index (χ4v) is 1.84. The minimum absolute atomic E-state index is 0.0624. The van der Waals surface area contributed by atoms with E-state index in [9.17, 15) is 4.79 Å².